The van der Waals surface area contributed by atoms with Crippen LogP contribution in [-0.2, 0) is 14.3 Å². The molecule has 3 N–H and O–H groups in total. The molecule has 0 bridgehead atoms. The number of carbonyl (C=O) groups excluding carboxylic acids is 2. The first-order chi connectivity index (χ1) is 30.0. The largest absolute Gasteiger partial charge is 0.466 e. The van der Waals surface area contributed by atoms with E-state index in [2.05, 4.69) is 43.5 Å². The number of rotatable bonds is 49. The first kappa shape index (κ1) is 59.1. The molecule has 2 unspecified atom stereocenters. The molecule has 0 aromatic heterocycles. The molecule has 0 aliphatic carbocycles. The van der Waals surface area contributed by atoms with Gasteiger partial charge in [-0.2, -0.15) is 0 Å². The minimum atomic E-state index is -0.854. The fraction of sp³-hybridized carbons (Fsp3) is 0.855. The third kappa shape index (κ3) is 47.4. The Balaban J connectivity index is 3.50. The average Bonchev–Trinajstić information content (AvgIpc) is 3.26. The fourth-order valence-corrected chi connectivity index (χ4v) is 7.97. The molecular weight excluding hydrogens is 755 g/mol. The summed E-state index contributed by atoms with van der Waals surface area (Å²) >= 11 is 0. The van der Waals surface area contributed by atoms with Crippen LogP contribution in [0.2, 0.25) is 0 Å². The van der Waals surface area contributed by atoms with Crippen LogP contribution in [0.3, 0.4) is 0 Å². The van der Waals surface area contributed by atoms with Gasteiger partial charge in [-0.3, -0.25) is 9.59 Å². The van der Waals surface area contributed by atoms with Crippen molar-refractivity contribution in [3.63, 3.8) is 0 Å². The number of aliphatic hydroxyl groups is 2. The molecule has 0 heterocycles. The van der Waals surface area contributed by atoms with E-state index < -0.39 is 12.1 Å². The van der Waals surface area contributed by atoms with Gasteiger partial charge in [-0.1, -0.05) is 217 Å². The van der Waals surface area contributed by atoms with E-state index in [1.807, 2.05) is 6.08 Å². The van der Waals surface area contributed by atoms with Gasteiger partial charge in [0.15, 0.2) is 0 Å². The highest BCUT2D eigenvalue weighted by atomic mass is 16.5. The third-order valence-electron chi connectivity index (χ3n) is 12.1. The van der Waals surface area contributed by atoms with Crippen molar-refractivity contribution < 1.29 is 24.5 Å². The first-order valence-corrected chi connectivity index (χ1v) is 26.8. The van der Waals surface area contributed by atoms with E-state index in [1.165, 1.54) is 180 Å². The smallest absolute Gasteiger partial charge is 0.305 e. The van der Waals surface area contributed by atoms with E-state index in [0.717, 1.165) is 70.6 Å². The number of carbonyl (C=O) groups is 2. The summed E-state index contributed by atoms with van der Waals surface area (Å²) in [4.78, 5) is 24.5. The van der Waals surface area contributed by atoms with Crippen LogP contribution in [0.1, 0.15) is 277 Å². The monoisotopic (exact) mass is 858 g/mol. The summed E-state index contributed by atoms with van der Waals surface area (Å²) in [6, 6.07) is -0.639. The van der Waals surface area contributed by atoms with Gasteiger partial charge in [-0.05, 0) is 83.5 Å². The lowest BCUT2D eigenvalue weighted by Crippen LogP contribution is -2.45. The number of hydrogen-bond acceptors (Lipinski definition) is 5. The second kappa shape index (κ2) is 50.7. The Morgan fingerprint density at radius 3 is 1.16 bits per heavy atom. The number of ether oxygens (including phenoxy) is 1. The Morgan fingerprint density at radius 1 is 0.443 bits per heavy atom. The quantitative estimate of drug-likeness (QED) is 0.0322. The van der Waals surface area contributed by atoms with E-state index in [1.54, 1.807) is 6.08 Å². The zero-order valence-corrected chi connectivity index (χ0v) is 40.6. The van der Waals surface area contributed by atoms with Crippen LogP contribution < -0.4 is 5.32 Å². The normalized spacial score (nSPS) is 12.9. The van der Waals surface area contributed by atoms with Gasteiger partial charge in [0.2, 0.25) is 5.91 Å². The van der Waals surface area contributed by atoms with Gasteiger partial charge in [0, 0.05) is 12.8 Å². The topological polar surface area (TPSA) is 95.9 Å². The summed E-state index contributed by atoms with van der Waals surface area (Å²) in [5.41, 5.74) is 0. The molecule has 2 atom stereocenters. The Kier molecular flexibility index (Phi) is 49.1. The van der Waals surface area contributed by atoms with Crippen LogP contribution in [0.4, 0.5) is 0 Å². The second-order valence-corrected chi connectivity index (χ2v) is 18.2. The maximum absolute atomic E-state index is 12.4. The molecule has 0 spiro atoms. The summed E-state index contributed by atoms with van der Waals surface area (Å²) in [7, 11) is 0. The van der Waals surface area contributed by atoms with Crippen LogP contribution >= 0.6 is 0 Å². The zero-order chi connectivity index (χ0) is 44.4. The van der Waals surface area contributed by atoms with E-state index in [-0.39, 0.29) is 18.5 Å². The van der Waals surface area contributed by atoms with E-state index in [9.17, 15) is 19.8 Å². The van der Waals surface area contributed by atoms with Crippen LogP contribution in [0.15, 0.2) is 36.5 Å². The van der Waals surface area contributed by atoms with Gasteiger partial charge in [0.1, 0.15) is 0 Å². The Labute approximate surface area is 379 Å². The molecule has 0 fully saturated rings. The summed E-state index contributed by atoms with van der Waals surface area (Å²) in [5, 5.41) is 23.0. The highest BCUT2D eigenvalue weighted by molar-refractivity contribution is 5.76. The SMILES string of the molecule is CCCCCCCCC/C=C\CCCCCCCC(=O)OCCCCCC/C=C\CCCCCCCCCC(=O)NC(CO)C(O)/C=C/CCCCCCCCCCCCC. The van der Waals surface area contributed by atoms with Crippen molar-refractivity contribution in [2.45, 2.75) is 289 Å². The van der Waals surface area contributed by atoms with Crippen molar-refractivity contribution >= 4 is 11.9 Å². The van der Waals surface area contributed by atoms with Crippen molar-refractivity contribution in [3.05, 3.63) is 36.5 Å². The maximum Gasteiger partial charge on any atom is 0.305 e. The molecule has 6 heteroatoms. The first-order valence-electron chi connectivity index (χ1n) is 26.8. The number of amides is 1. The maximum atomic E-state index is 12.4. The van der Waals surface area contributed by atoms with E-state index >= 15 is 0 Å². The van der Waals surface area contributed by atoms with E-state index in [4.69, 9.17) is 4.74 Å². The third-order valence-corrected chi connectivity index (χ3v) is 12.1. The highest BCUT2D eigenvalue weighted by Crippen LogP contribution is 2.15. The predicted octanol–water partition coefficient (Wildman–Crippen LogP) is 16.1. The minimum Gasteiger partial charge on any atom is -0.466 e. The van der Waals surface area contributed by atoms with E-state index in [0.29, 0.717) is 19.4 Å². The van der Waals surface area contributed by atoms with Crippen molar-refractivity contribution in [2.75, 3.05) is 13.2 Å². The molecule has 1 amide bonds. The summed E-state index contributed by atoms with van der Waals surface area (Å²) in [6.07, 6.45) is 61.5. The molecule has 0 saturated heterocycles. The van der Waals surface area contributed by atoms with Crippen LogP contribution in [0.25, 0.3) is 0 Å². The summed E-state index contributed by atoms with van der Waals surface area (Å²) < 4.78 is 5.46. The Bertz CT molecular complexity index is 993. The molecule has 0 rings (SSSR count). The molecule has 0 aromatic carbocycles. The van der Waals surface area contributed by atoms with Crippen LogP contribution in [0.5, 0.6) is 0 Å². The molecule has 0 radical (unpaired) electrons. The van der Waals surface area contributed by atoms with Gasteiger partial charge in [0.25, 0.3) is 0 Å². The van der Waals surface area contributed by atoms with Crippen molar-refractivity contribution in [2.24, 2.45) is 0 Å². The molecular formula is C55H103NO5. The fourth-order valence-electron chi connectivity index (χ4n) is 7.97. The Morgan fingerprint density at radius 2 is 0.770 bits per heavy atom. The molecule has 61 heavy (non-hydrogen) atoms. The van der Waals surface area contributed by atoms with Gasteiger partial charge < -0.3 is 20.3 Å². The van der Waals surface area contributed by atoms with Crippen molar-refractivity contribution in [1.82, 2.24) is 5.32 Å². The molecule has 0 aromatic rings. The highest BCUT2D eigenvalue weighted by Gasteiger charge is 2.18. The molecule has 0 saturated carbocycles. The Hall–Kier alpha value is -1.92. The molecule has 6 nitrogen and oxygen atoms in total. The standard InChI is InChI=1S/C55H103NO5/c1-3-5-7-9-11-13-15-17-18-21-25-29-33-37-41-45-49-55(60)61-50-46-42-38-34-30-26-22-19-20-24-28-32-36-40-44-48-54(59)56-52(51-57)53(58)47-43-39-35-31-27-23-16-14-12-10-8-6-4-2/h18,21-22,26,43,47,52-53,57-58H,3-17,19-20,23-25,27-42,44-46,48-51H2,1-2H3,(H,56,59)/b21-18-,26-22-,47-43+. The zero-order valence-electron chi connectivity index (χ0n) is 40.6. The minimum absolute atomic E-state index is 0.0192. The number of nitrogens with one attached hydrogen (secondary N) is 1. The predicted molar refractivity (Wildman–Crippen MR) is 264 cm³/mol. The lowest BCUT2D eigenvalue weighted by molar-refractivity contribution is -0.143. The molecule has 0 aliphatic heterocycles. The van der Waals surface area contributed by atoms with Crippen LogP contribution in [0, 0.1) is 0 Å². The lowest BCUT2D eigenvalue weighted by atomic mass is 10.0. The average molecular weight is 858 g/mol. The van der Waals surface area contributed by atoms with Gasteiger partial charge in [-0.15, -0.1) is 0 Å². The van der Waals surface area contributed by atoms with Crippen molar-refractivity contribution in [1.29, 1.82) is 0 Å². The summed E-state index contributed by atoms with van der Waals surface area (Å²) in [5.74, 6) is -0.104. The number of aliphatic hydroxyl groups excluding tert-OH is 2. The number of esters is 1. The molecule has 358 valence electrons. The van der Waals surface area contributed by atoms with Crippen molar-refractivity contribution in [3.8, 4) is 0 Å². The van der Waals surface area contributed by atoms with Gasteiger partial charge in [-0.25, -0.2) is 0 Å². The molecule has 0 aliphatic rings. The van der Waals surface area contributed by atoms with Crippen LogP contribution in [-0.4, -0.2) is 47.4 Å². The summed E-state index contributed by atoms with van der Waals surface area (Å²) in [6.45, 7) is 4.85. The van der Waals surface area contributed by atoms with Gasteiger partial charge in [0.05, 0.1) is 25.4 Å². The number of hydrogen-bond donors (Lipinski definition) is 3. The number of allylic oxidation sites excluding steroid dienone is 5. The second-order valence-electron chi connectivity index (χ2n) is 18.2. The lowest BCUT2D eigenvalue weighted by Gasteiger charge is -2.20. The number of unbranched alkanes of at least 4 members (excludes halogenated alkanes) is 34. The van der Waals surface area contributed by atoms with Gasteiger partial charge >= 0.3 is 5.97 Å².